The highest BCUT2D eigenvalue weighted by Crippen LogP contribution is 2.13. The molecule has 0 unspecified atom stereocenters. The molecule has 0 atom stereocenters. The van der Waals surface area contributed by atoms with Crippen LogP contribution in [0, 0.1) is 0 Å². The predicted molar refractivity (Wildman–Crippen MR) is 80.8 cm³/mol. The first kappa shape index (κ1) is 14.7. The van der Waals surface area contributed by atoms with E-state index in [0.717, 1.165) is 44.1 Å². The lowest BCUT2D eigenvalue weighted by Gasteiger charge is -2.26. The van der Waals surface area contributed by atoms with E-state index in [9.17, 15) is 4.79 Å². The summed E-state index contributed by atoms with van der Waals surface area (Å²) in [6.07, 6.45) is 1.79. The van der Waals surface area contributed by atoms with E-state index >= 15 is 0 Å². The van der Waals surface area contributed by atoms with Gasteiger partial charge < -0.3 is 10.1 Å². The van der Waals surface area contributed by atoms with Crippen LogP contribution >= 0.6 is 0 Å². The van der Waals surface area contributed by atoms with Crippen LogP contribution in [-0.4, -0.2) is 59.2 Å². The van der Waals surface area contributed by atoms with Crippen molar-refractivity contribution in [3.8, 4) is 5.69 Å². The van der Waals surface area contributed by atoms with Crippen molar-refractivity contribution in [3.63, 3.8) is 0 Å². The lowest BCUT2D eigenvalue weighted by atomic mass is 10.2. The fraction of sp³-hybridized carbons (Fsp3) is 0.400. The van der Waals surface area contributed by atoms with Crippen molar-refractivity contribution in [2.45, 2.75) is 6.54 Å². The molecule has 0 saturated carbocycles. The summed E-state index contributed by atoms with van der Waals surface area (Å²) < 4.78 is 6.51. The Balaban J connectivity index is 1.77. The SMILES string of the molecule is COC(=O)c1ccc(-n2nncc2CN2CCNCC2)cc1. The van der Waals surface area contributed by atoms with Crippen LogP contribution in [0.2, 0.25) is 0 Å². The van der Waals surface area contributed by atoms with Gasteiger partial charge in [0.2, 0.25) is 0 Å². The van der Waals surface area contributed by atoms with Gasteiger partial charge in [-0.2, -0.15) is 0 Å². The number of nitrogens with zero attached hydrogens (tertiary/aromatic N) is 4. The summed E-state index contributed by atoms with van der Waals surface area (Å²) in [4.78, 5) is 13.8. The molecule has 1 aromatic carbocycles. The normalized spacial score (nSPS) is 15.7. The summed E-state index contributed by atoms with van der Waals surface area (Å²) in [5.74, 6) is -0.341. The fourth-order valence-corrected chi connectivity index (χ4v) is 2.54. The average molecular weight is 301 g/mol. The lowest BCUT2D eigenvalue weighted by molar-refractivity contribution is 0.0601. The number of carbonyl (C=O) groups is 1. The van der Waals surface area contributed by atoms with E-state index in [4.69, 9.17) is 4.74 Å². The van der Waals surface area contributed by atoms with Crippen molar-refractivity contribution in [1.82, 2.24) is 25.2 Å². The second kappa shape index (κ2) is 6.67. The highest BCUT2D eigenvalue weighted by atomic mass is 16.5. The van der Waals surface area contributed by atoms with Crippen molar-refractivity contribution in [2.24, 2.45) is 0 Å². The van der Waals surface area contributed by atoms with Crippen LogP contribution in [-0.2, 0) is 11.3 Å². The third-order valence-corrected chi connectivity index (χ3v) is 3.75. The minimum absolute atomic E-state index is 0.341. The molecule has 2 aromatic rings. The average Bonchev–Trinajstić information content (AvgIpc) is 3.03. The molecule has 0 radical (unpaired) electrons. The van der Waals surface area contributed by atoms with E-state index in [1.165, 1.54) is 7.11 Å². The van der Waals surface area contributed by atoms with Crippen LogP contribution in [0.3, 0.4) is 0 Å². The van der Waals surface area contributed by atoms with Crippen LogP contribution < -0.4 is 5.32 Å². The van der Waals surface area contributed by atoms with Gasteiger partial charge in [0.05, 0.1) is 30.3 Å². The maximum Gasteiger partial charge on any atom is 0.337 e. The number of nitrogens with one attached hydrogen (secondary N) is 1. The second-order valence-electron chi connectivity index (χ2n) is 5.20. The Hall–Kier alpha value is -2.25. The number of hydrogen-bond acceptors (Lipinski definition) is 6. The van der Waals surface area contributed by atoms with Crippen molar-refractivity contribution in [2.75, 3.05) is 33.3 Å². The number of piperazine rings is 1. The Morgan fingerprint density at radius 3 is 2.68 bits per heavy atom. The Bertz CT molecular complexity index is 632. The molecule has 1 saturated heterocycles. The molecule has 1 N–H and O–H groups in total. The Kier molecular flexibility index (Phi) is 4.45. The summed E-state index contributed by atoms with van der Waals surface area (Å²) >= 11 is 0. The Morgan fingerprint density at radius 1 is 1.27 bits per heavy atom. The van der Waals surface area contributed by atoms with Crippen molar-refractivity contribution < 1.29 is 9.53 Å². The molecule has 116 valence electrons. The zero-order valence-electron chi connectivity index (χ0n) is 12.5. The monoisotopic (exact) mass is 301 g/mol. The van der Waals surface area contributed by atoms with Gasteiger partial charge >= 0.3 is 5.97 Å². The predicted octanol–water partition coefficient (Wildman–Crippen LogP) is 0.459. The summed E-state index contributed by atoms with van der Waals surface area (Å²) in [6, 6.07) is 7.17. The molecular formula is C15H19N5O2. The molecule has 1 aliphatic rings. The molecule has 7 heteroatoms. The summed E-state index contributed by atoms with van der Waals surface area (Å²) in [6.45, 7) is 4.87. The molecule has 2 heterocycles. The number of esters is 1. The van der Waals surface area contributed by atoms with Crippen LogP contribution in [0.1, 0.15) is 16.1 Å². The molecule has 0 aliphatic carbocycles. The summed E-state index contributed by atoms with van der Waals surface area (Å²) in [5.41, 5.74) is 2.44. The van der Waals surface area contributed by atoms with Gasteiger partial charge in [0.15, 0.2) is 0 Å². The molecule has 3 rings (SSSR count). The number of hydrogen-bond donors (Lipinski definition) is 1. The zero-order valence-corrected chi connectivity index (χ0v) is 12.5. The van der Waals surface area contributed by atoms with Gasteiger partial charge in [0.25, 0.3) is 0 Å². The van der Waals surface area contributed by atoms with Crippen LogP contribution in [0.15, 0.2) is 30.5 Å². The van der Waals surface area contributed by atoms with Crippen LogP contribution in [0.5, 0.6) is 0 Å². The molecule has 1 aromatic heterocycles. The van der Waals surface area contributed by atoms with Gasteiger partial charge in [-0.1, -0.05) is 5.21 Å². The molecule has 22 heavy (non-hydrogen) atoms. The molecule has 0 amide bonds. The minimum atomic E-state index is -0.341. The first-order valence-corrected chi connectivity index (χ1v) is 7.29. The number of benzene rings is 1. The summed E-state index contributed by atoms with van der Waals surface area (Å²) in [5, 5.41) is 11.5. The largest absolute Gasteiger partial charge is 0.465 e. The molecule has 1 fully saturated rings. The van der Waals surface area contributed by atoms with Gasteiger partial charge in [-0.3, -0.25) is 4.90 Å². The number of ether oxygens (including phenoxy) is 1. The smallest absolute Gasteiger partial charge is 0.337 e. The number of methoxy groups -OCH3 is 1. The van der Waals surface area contributed by atoms with Gasteiger partial charge in [-0.05, 0) is 24.3 Å². The standard InChI is InChI=1S/C15H19N5O2/c1-22-15(21)12-2-4-13(5-3-12)20-14(10-17-18-20)11-19-8-6-16-7-9-19/h2-5,10,16H,6-9,11H2,1H3. The molecule has 1 aliphatic heterocycles. The zero-order chi connectivity index (χ0) is 15.4. The second-order valence-corrected chi connectivity index (χ2v) is 5.20. The fourth-order valence-electron chi connectivity index (χ4n) is 2.54. The third-order valence-electron chi connectivity index (χ3n) is 3.75. The summed E-state index contributed by atoms with van der Waals surface area (Å²) in [7, 11) is 1.37. The number of aromatic nitrogens is 3. The van der Waals surface area contributed by atoms with E-state index in [1.807, 2.05) is 16.8 Å². The molecule has 0 bridgehead atoms. The quantitative estimate of drug-likeness (QED) is 0.827. The highest BCUT2D eigenvalue weighted by Gasteiger charge is 2.14. The van der Waals surface area contributed by atoms with Gasteiger partial charge in [0, 0.05) is 32.7 Å². The van der Waals surface area contributed by atoms with Gasteiger partial charge in [-0.15, -0.1) is 5.10 Å². The molecular weight excluding hydrogens is 282 g/mol. The lowest BCUT2D eigenvalue weighted by Crippen LogP contribution is -2.43. The van der Waals surface area contributed by atoms with Gasteiger partial charge in [-0.25, -0.2) is 9.48 Å². The third kappa shape index (κ3) is 3.15. The topological polar surface area (TPSA) is 72.3 Å². The molecule has 0 spiro atoms. The van der Waals surface area contributed by atoms with Crippen LogP contribution in [0.25, 0.3) is 5.69 Å². The molecule has 7 nitrogen and oxygen atoms in total. The van der Waals surface area contributed by atoms with Crippen LogP contribution in [0.4, 0.5) is 0 Å². The van der Waals surface area contributed by atoms with Crippen molar-refractivity contribution in [3.05, 3.63) is 41.7 Å². The first-order chi connectivity index (χ1) is 10.8. The first-order valence-electron chi connectivity index (χ1n) is 7.29. The van der Waals surface area contributed by atoms with Gasteiger partial charge in [0.1, 0.15) is 0 Å². The maximum absolute atomic E-state index is 11.5. The number of carbonyl (C=O) groups excluding carboxylic acids is 1. The van der Waals surface area contributed by atoms with Crippen molar-refractivity contribution in [1.29, 1.82) is 0 Å². The van der Waals surface area contributed by atoms with E-state index in [1.54, 1.807) is 18.3 Å². The highest BCUT2D eigenvalue weighted by molar-refractivity contribution is 5.89. The maximum atomic E-state index is 11.5. The minimum Gasteiger partial charge on any atom is -0.465 e. The van der Waals surface area contributed by atoms with Crippen molar-refractivity contribution >= 4 is 5.97 Å². The van der Waals surface area contributed by atoms with E-state index in [0.29, 0.717) is 5.56 Å². The van der Waals surface area contributed by atoms with E-state index in [2.05, 4.69) is 20.5 Å². The number of rotatable bonds is 4. The van der Waals surface area contributed by atoms with E-state index in [-0.39, 0.29) is 5.97 Å². The Labute approximate surface area is 128 Å². The Morgan fingerprint density at radius 2 is 2.00 bits per heavy atom. The van der Waals surface area contributed by atoms with E-state index < -0.39 is 0 Å².